The summed E-state index contributed by atoms with van der Waals surface area (Å²) < 4.78 is 2.04. The van der Waals surface area contributed by atoms with Crippen molar-refractivity contribution in [3.63, 3.8) is 0 Å². The third-order valence-electron chi connectivity index (χ3n) is 4.56. The summed E-state index contributed by atoms with van der Waals surface area (Å²) in [5.41, 5.74) is 5.18. The van der Waals surface area contributed by atoms with Crippen molar-refractivity contribution in [1.29, 1.82) is 0 Å². The van der Waals surface area contributed by atoms with Crippen molar-refractivity contribution in [3.05, 3.63) is 35.0 Å². The monoisotopic (exact) mass is 283 g/mol. The maximum Gasteiger partial charge on any atom is 0.148 e. The standard InChI is InChI=1S/C16H21N5/c1-21-14(12-4-2-3-5-13(12)20-21)10-19-16-15(11-6-7-11)17-8-9-18-16/h8-9,11H,2-7,10H2,1H3,(H,18,19). The van der Waals surface area contributed by atoms with Crippen molar-refractivity contribution in [3.8, 4) is 0 Å². The number of hydrogen-bond donors (Lipinski definition) is 1. The second-order valence-corrected chi connectivity index (χ2v) is 6.12. The smallest absolute Gasteiger partial charge is 0.148 e. The molecule has 2 aromatic rings. The number of fused-ring (bicyclic) bond motifs is 1. The van der Waals surface area contributed by atoms with Crippen molar-refractivity contribution in [2.45, 2.75) is 51.0 Å². The van der Waals surface area contributed by atoms with E-state index in [1.165, 1.54) is 42.6 Å². The lowest BCUT2D eigenvalue weighted by Crippen LogP contribution is -2.11. The van der Waals surface area contributed by atoms with Crippen molar-refractivity contribution in [2.75, 3.05) is 5.32 Å². The highest BCUT2D eigenvalue weighted by Gasteiger charge is 2.28. The molecule has 0 amide bonds. The Morgan fingerprint density at radius 1 is 1.19 bits per heavy atom. The Labute approximate surface area is 124 Å². The van der Waals surface area contributed by atoms with Crippen LogP contribution in [0.4, 0.5) is 5.82 Å². The molecule has 2 aromatic heterocycles. The minimum absolute atomic E-state index is 0.613. The van der Waals surface area contributed by atoms with Crippen molar-refractivity contribution in [2.24, 2.45) is 7.05 Å². The second kappa shape index (κ2) is 5.13. The van der Waals surface area contributed by atoms with Crippen molar-refractivity contribution < 1.29 is 0 Å². The fourth-order valence-corrected chi connectivity index (χ4v) is 3.28. The first-order valence-corrected chi connectivity index (χ1v) is 7.91. The van der Waals surface area contributed by atoms with Crippen LogP contribution in [0, 0.1) is 0 Å². The van der Waals surface area contributed by atoms with Gasteiger partial charge in [-0.1, -0.05) is 0 Å². The van der Waals surface area contributed by atoms with Crippen LogP contribution in [0.15, 0.2) is 12.4 Å². The molecule has 2 aliphatic rings. The topological polar surface area (TPSA) is 55.6 Å². The fourth-order valence-electron chi connectivity index (χ4n) is 3.28. The van der Waals surface area contributed by atoms with Crippen LogP contribution < -0.4 is 5.32 Å². The molecule has 4 rings (SSSR count). The number of hydrogen-bond acceptors (Lipinski definition) is 4. The van der Waals surface area contributed by atoms with Crippen molar-refractivity contribution >= 4 is 5.82 Å². The average Bonchev–Trinajstić information content (AvgIpc) is 3.29. The SMILES string of the molecule is Cn1nc2c(c1CNc1nccnc1C1CC1)CCCC2. The summed E-state index contributed by atoms with van der Waals surface area (Å²) >= 11 is 0. The Morgan fingerprint density at radius 3 is 2.86 bits per heavy atom. The molecule has 0 aromatic carbocycles. The first-order valence-electron chi connectivity index (χ1n) is 7.91. The lowest BCUT2D eigenvalue weighted by Gasteiger charge is -2.13. The van der Waals surface area contributed by atoms with Crippen LogP contribution in [0.1, 0.15) is 54.2 Å². The Kier molecular flexibility index (Phi) is 3.13. The zero-order chi connectivity index (χ0) is 14.2. The Hall–Kier alpha value is -1.91. The van der Waals surface area contributed by atoms with Gasteiger partial charge in [-0.15, -0.1) is 0 Å². The van der Waals surface area contributed by atoms with Gasteiger partial charge in [-0.3, -0.25) is 9.67 Å². The molecule has 1 fully saturated rings. The predicted octanol–water partition coefficient (Wildman–Crippen LogP) is 2.58. The van der Waals surface area contributed by atoms with E-state index >= 15 is 0 Å². The molecular weight excluding hydrogens is 262 g/mol. The summed E-state index contributed by atoms with van der Waals surface area (Å²) in [7, 11) is 2.05. The summed E-state index contributed by atoms with van der Waals surface area (Å²) in [6, 6.07) is 0. The van der Waals surface area contributed by atoms with Gasteiger partial charge in [0.15, 0.2) is 0 Å². The number of nitrogens with one attached hydrogen (secondary N) is 1. The summed E-state index contributed by atoms with van der Waals surface area (Å²) in [6.07, 6.45) is 10.9. The van der Waals surface area contributed by atoms with Crippen LogP contribution in [-0.2, 0) is 26.4 Å². The minimum Gasteiger partial charge on any atom is -0.363 e. The van der Waals surface area contributed by atoms with E-state index < -0.39 is 0 Å². The van der Waals surface area contributed by atoms with E-state index in [1.807, 2.05) is 11.7 Å². The van der Waals surface area contributed by atoms with Gasteiger partial charge in [0.2, 0.25) is 0 Å². The molecule has 1 N–H and O–H groups in total. The predicted molar refractivity (Wildman–Crippen MR) is 81.2 cm³/mol. The number of anilines is 1. The minimum atomic E-state index is 0.613. The molecule has 21 heavy (non-hydrogen) atoms. The first-order chi connectivity index (χ1) is 10.3. The van der Waals surface area contributed by atoms with Gasteiger partial charge in [0, 0.05) is 25.4 Å². The van der Waals surface area contributed by atoms with E-state index in [1.54, 1.807) is 12.4 Å². The molecule has 1 saturated carbocycles. The van der Waals surface area contributed by atoms with Gasteiger partial charge in [0.05, 0.1) is 23.6 Å². The number of aryl methyl sites for hydroxylation is 2. The maximum atomic E-state index is 4.67. The second-order valence-electron chi connectivity index (χ2n) is 6.12. The zero-order valence-electron chi connectivity index (χ0n) is 12.5. The van der Waals surface area contributed by atoms with Gasteiger partial charge in [-0.25, -0.2) is 4.98 Å². The molecule has 5 heteroatoms. The van der Waals surface area contributed by atoms with E-state index in [0.717, 1.165) is 30.9 Å². The molecule has 0 atom stereocenters. The highest BCUT2D eigenvalue weighted by Crippen LogP contribution is 2.41. The molecule has 5 nitrogen and oxygen atoms in total. The van der Waals surface area contributed by atoms with Gasteiger partial charge >= 0.3 is 0 Å². The summed E-state index contributed by atoms with van der Waals surface area (Å²) in [4.78, 5) is 8.98. The van der Waals surface area contributed by atoms with Gasteiger partial charge in [-0.2, -0.15) is 5.10 Å². The van der Waals surface area contributed by atoms with Crippen LogP contribution in [0.3, 0.4) is 0 Å². The molecule has 2 heterocycles. The van der Waals surface area contributed by atoms with E-state index in [0.29, 0.717) is 5.92 Å². The highest BCUT2D eigenvalue weighted by molar-refractivity contribution is 5.44. The van der Waals surface area contributed by atoms with Crippen LogP contribution in [0.25, 0.3) is 0 Å². The van der Waals surface area contributed by atoms with E-state index in [9.17, 15) is 0 Å². The van der Waals surface area contributed by atoms with Gasteiger partial charge in [-0.05, 0) is 44.1 Å². The molecule has 0 unspecified atom stereocenters. The van der Waals surface area contributed by atoms with E-state index in [4.69, 9.17) is 0 Å². The lowest BCUT2D eigenvalue weighted by atomic mass is 9.96. The lowest BCUT2D eigenvalue weighted by molar-refractivity contribution is 0.664. The number of nitrogens with zero attached hydrogens (tertiary/aromatic N) is 4. The number of rotatable bonds is 4. The van der Waals surface area contributed by atoms with Crippen LogP contribution >= 0.6 is 0 Å². The molecule has 0 saturated heterocycles. The third-order valence-corrected chi connectivity index (χ3v) is 4.56. The average molecular weight is 283 g/mol. The molecule has 0 spiro atoms. The van der Waals surface area contributed by atoms with Crippen molar-refractivity contribution in [1.82, 2.24) is 19.7 Å². The normalized spacial score (nSPS) is 17.6. The molecule has 0 aliphatic heterocycles. The zero-order valence-corrected chi connectivity index (χ0v) is 12.5. The van der Waals surface area contributed by atoms with Crippen LogP contribution in [-0.4, -0.2) is 19.7 Å². The number of aromatic nitrogens is 4. The Balaban J connectivity index is 1.56. The summed E-state index contributed by atoms with van der Waals surface area (Å²) in [5, 5.41) is 8.17. The molecule has 0 radical (unpaired) electrons. The molecule has 0 bridgehead atoms. The van der Waals surface area contributed by atoms with E-state index in [2.05, 4.69) is 20.4 Å². The third kappa shape index (κ3) is 2.41. The summed E-state index contributed by atoms with van der Waals surface area (Å²) in [6.45, 7) is 0.789. The largest absolute Gasteiger partial charge is 0.363 e. The summed E-state index contributed by atoms with van der Waals surface area (Å²) in [5.74, 6) is 1.56. The van der Waals surface area contributed by atoms with Crippen LogP contribution in [0.2, 0.25) is 0 Å². The van der Waals surface area contributed by atoms with E-state index in [-0.39, 0.29) is 0 Å². The molecule has 2 aliphatic carbocycles. The maximum absolute atomic E-state index is 4.67. The van der Waals surface area contributed by atoms with Crippen LogP contribution in [0.5, 0.6) is 0 Å². The van der Waals surface area contributed by atoms with Gasteiger partial charge in [0.1, 0.15) is 5.82 Å². The Bertz CT molecular complexity index is 657. The van der Waals surface area contributed by atoms with Gasteiger partial charge in [0.25, 0.3) is 0 Å². The molecule has 110 valence electrons. The quantitative estimate of drug-likeness (QED) is 0.937. The first kappa shape index (κ1) is 12.8. The highest BCUT2D eigenvalue weighted by atomic mass is 15.3. The fraction of sp³-hybridized carbons (Fsp3) is 0.562. The molecular formula is C16H21N5. The Morgan fingerprint density at radius 2 is 2.00 bits per heavy atom. The van der Waals surface area contributed by atoms with Gasteiger partial charge < -0.3 is 5.32 Å².